The molecule has 1 unspecified atom stereocenters. The van der Waals surface area contributed by atoms with Gasteiger partial charge in [-0.25, -0.2) is 0 Å². The molecule has 2 heterocycles. The molecule has 0 radical (unpaired) electrons. The largest absolute Gasteiger partial charge is 0.308 e. The lowest BCUT2D eigenvalue weighted by Crippen LogP contribution is -2.26. The minimum absolute atomic E-state index is 0.119. The molecule has 3 nitrogen and oxygen atoms in total. The monoisotopic (exact) mass is 256 g/mol. The third-order valence-electron chi connectivity index (χ3n) is 4.16. The van der Waals surface area contributed by atoms with Crippen molar-refractivity contribution in [2.24, 2.45) is 5.92 Å². The summed E-state index contributed by atoms with van der Waals surface area (Å²) >= 11 is 0. The summed E-state index contributed by atoms with van der Waals surface area (Å²) in [5.41, 5.74) is 1.18. The number of pyridine rings is 1. The van der Waals surface area contributed by atoms with Crippen molar-refractivity contribution in [1.82, 2.24) is 9.47 Å². The molecule has 0 aliphatic carbocycles. The van der Waals surface area contributed by atoms with Gasteiger partial charge in [-0.3, -0.25) is 4.79 Å². The molecule has 0 N–H and O–H groups in total. The Morgan fingerprint density at radius 2 is 2.05 bits per heavy atom. The van der Waals surface area contributed by atoms with Crippen LogP contribution < -0.4 is 5.56 Å². The fourth-order valence-electron chi connectivity index (χ4n) is 3.04. The summed E-state index contributed by atoms with van der Waals surface area (Å²) in [5, 5.41) is 1.15. The summed E-state index contributed by atoms with van der Waals surface area (Å²) in [7, 11) is 0. The third kappa shape index (κ3) is 2.43. The lowest BCUT2D eigenvalue weighted by Gasteiger charge is -2.16. The Morgan fingerprint density at radius 3 is 2.84 bits per heavy atom. The second-order valence-corrected chi connectivity index (χ2v) is 5.39. The Kier molecular flexibility index (Phi) is 3.38. The lowest BCUT2D eigenvalue weighted by atomic mass is 10.1. The van der Waals surface area contributed by atoms with Crippen molar-refractivity contribution in [2.45, 2.75) is 19.9 Å². The van der Waals surface area contributed by atoms with Crippen molar-refractivity contribution < 1.29 is 0 Å². The average molecular weight is 256 g/mol. The molecule has 0 bridgehead atoms. The molecule has 0 amide bonds. The van der Waals surface area contributed by atoms with E-state index in [9.17, 15) is 4.79 Å². The van der Waals surface area contributed by atoms with E-state index in [0.29, 0.717) is 5.92 Å². The second-order valence-electron chi connectivity index (χ2n) is 5.39. The first kappa shape index (κ1) is 12.4. The number of hydrogen-bond acceptors (Lipinski definition) is 2. The van der Waals surface area contributed by atoms with Gasteiger partial charge in [-0.15, -0.1) is 0 Å². The van der Waals surface area contributed by atoms with Gasteiger partial charge in [0.25, 0.3) is 5.56 Å². The summed E-state index contributed by atoms with van der Waals surface area (Å²) < 4.78 is 1.94. The SMILES string of the molecule is CCN1CCC(Cn2c(=O)ccc3ccccc32)C1. The number of fused-ring (bicyclic) bond motifs is 1. The zero-order valence-electron chi connectivity index (χ0n) is 11.4. The topological polar surface area (TPSA) is 25.2 Å². The van der Waals surface area contributed by atoms with Crippen LogP contribution >= 0.6 is 0 Å². The molecule has 1 aliphatic heterocycles. The molecule has 0 spiro atoms. The van der Waals surface area contributed by atoms with Crippen LogP contribution in [0.3, 0.4) is 0 Å². The summed E-state index contributed by atoms with van der Waals surface area (Å²) in [6.07, 6.45) is 1.20. The van der Waals surface area contributed by atoms with E-state index in [-0.39, 0.29) is 5.56 Å². The van der Waals surface area contributed by atoms with Crippen LogP contribution in [-0.4, -0.2) is 29.1 Å². The highest BCUT2D eigenvalue weighted by Crippen LogP contribution is 2.19. The van der Waals surface area contributed by atoms with Gasteiger partial charge in [-0.2, -0.15) is 0 Å². The van der Waals surface area contributed by atoms with Gasteiger partial charge >= 0.3 is 0 Å². The molecule has 1 aliphatic rings. The molecule has 3 heteroatoms. The van der Waals surface area contributed by atoms with E-state index in [0.717, 1.165) is 30.5 Å². The molecule has 1 aromatic heterocycles. The highest BCUT2D eigenvalue weighted by Gasteiger charge is 2.22. The fraction of sp³-hybridized carbons (Fsp3) is 0.438. The molecule has 3 rings (SSSR count). The molecule has 1 saturated heterocycles. The van der Waals surface area contributed by atoms with Crippen molar-refractivity contribution in [1.29, 1.82) is 0 Å². The van der Waals surface area contributed by atoms with Crippen molar-refractivity contribution in [2.75, 3.05) is 19.6 Å². The van der Waals surface area contributed by atoms with E-state index >= 15 is 0 Å². The van der Waals surface area contributed by atoms with Crippen LogP contribution in [0.5, 0.6) is 0 Å². The highest BCUT2D eigenvalue weighted by molar-refractivity contribution is 5.78. The van der Waals surface area contributed by atoms with E-state index in [1.807, 2.05) is 28.8 Å². The normalized spacial score (nSPS) is 20.2. The smallest absolute Gasteiger partial charge is 0.251 e. The molecule has 19 heavy (non-hydrogen) atoms. The number of hydrogen-bond donors (Lipinski definition) is 0. The lowest BCUT2D eigenvalue weighted by molar-refractivity contribution is 0.333. The fourth-order valence-corrected chi connectivity index (χ4v) is 3.04. The molecular formula is C16H20N2O. The minimum atomic E-state index is 0.119. The maximum absolute atomic E-state index is 12.1. The van der Waals surface area contributed by atoms with E-state index in [4.69, 9.17) is 0 Å². The average Bonchev–Trinajstić information content (AvgIpc) is 2.90. The van der Waals surface area contributed by atoms with Gasteiger partial charge in [0, 0.05) is 19.2 Å². The van der Waals surface area contributed by atoms with Crippen LogP contribution in [0.2, 0.25) is 0 Å². The van der Waals surface area contributed by atoms with Crippen LogP contribution in [0, 0.1) is 5.92 Å². The molecule has 1 fully saturated rings. The van der Waals surface area contributed by atoms with Gasteiger partial charge in [0.2, 0.25) is 0 Å². The summed E-state index contributed by atoms with van der Waals surface area (Å²) in [6, 6.07) is 11.7. The maximum Gasteiger partial charge on any atom is 0.251 e. The second kappa shape index (κ2) is 5.17. The number of nitrogens with zero attached hydrogens (tertiary/aromatic N) is 2. The number of aromatic nitrogens is 1. The van der Waals surface area contributed by atoms with E-state index < -0.39 is 0 Å². The van der Waals surface area contributed by atoms with Crippen molar-refractivity contribution >= 4 is 10.9 Å². The zero-order chi connectivity index (χ0) is 13.2. The Bertz CT molecular complexity index is 632. The Balaban J connectivity index is 1.92. The molecule has 0 saturated carbocycles. The number of likely N-dealkylation sites (tertiary alicyclic amines) is 1. The molecule has 100 valence electrons. The van der Waals surface area contributed by atoms with Crippen molar-refractivity contribution in [3.05, 3.63) is 46.8 Å². The first-order valence-electron chi connectivity index (χ1n) is 7.09. The van der Waals surface area contributed by atoms with E-state index in [1.54, 1.807) is 6.07 Å². The number of rotatable bonds is 3. The Labute approximate surface area is 113 Å². The van der Waals surface area contributed by atoms with Gasteiger partial charge in [0.15, 0.2) is 0 Å². The van der Waals surface area contributed by atoms with Gasteiger partial charge in [-0.05, 0) is 42.9 Å². The van der Waals surface area contributed by atoms with Gasteiger partial charge in [0.05, 0.1) is 5.52 Å². The van der Waals surface area contributed by atoms with Crippen LogP contribution in [-0.2, 0) is 6.54 Å². The predicted molar refractivity (Wildman–Crippen MR) is 78.4 cm³/mol. The zero-order valence-corrected chi connectivity index (χ0v) is 11.4. The summed E-state index contributed by atoms with van der Waals surface area (Å²) in [5.74, 6) is 0.600. The number of para-hydroxylation sites is 1. The van der Waals surface area contributed by atoms with Gasteiger partial charge < -0.3 is 9.47 Å². The first-order valence-corrected chi connectivity index (χ1v) is 7.09. The summed E-state index contributed by atoms with van der Waals surface area (Å²) in [6.45, 7) is 6.44. The van der Waals surface area contributed by atoms with Crippen LogP contribution in [0.1, 0.15) is 13.3 Å². The molecular weight excluding hydrogens is 236 g/mol. The van der Waals surface area contributed by atoms with Crippen molar-refractivity contribution in [3.63, 3.8) is 0 Å². The highest BCUT2D eigenvalue weighted by atomic mass is 16.1. The quantitative estimate of drug-likeness (QED) is 0.842. The molecule has 2 aromatic rings. The molecule has 1 atom stereocenters. The predicted octanol–water partition coefficient (Wildman–Crippen LogP) is 2.34. The Morgan fingerprint density at radius 1 is 1.21 bits per heavy atom. The van der Waals surface area contributed by atoms with Gasteiger partial charge in [0.1, 0.15) is 0 Å². The van der Waals surface area contributed by atoms with E-state index in [1.165, 1.54) is 13.0 Å². The standard InChI is InChI=1S/C16H20N2O/c1-2-17-10-9-13(11-17)12-18-15-6-4-3-5-14(15)7-8-16(18)19/h3-8,13H,2,9-12H2,1H3. The van der Waals surface area contributed by atoms with Crippen molar-refractivity contribution in [3.8, 4) is 0 Å². The van der Waals surface area contributed by atoms with Gasteiger partial charge in [-0.1, -0.05) is 25.1 Å². The number of benzene rings is 1. The first-order chi connectivity index (χ1) is 9.28. The van der Waals surface area contributed by atoms with E-state index in [2.05, 4.69) is 17.9 Å². The summed E-state index contributed by atoms with van der Waals surface area (Å²) in [4.78, 5) is 14.6. The minimum Gasteiger partial charge on any atom is -0.308 e. The molecule has 1 aromatic carbocycles. The van der Waals surface area contributed by atoms with Crippen LogP contribution in [0.15, 0.2) is 41.2 Å². The Hall–Kier alpha value is -1.61. The maximum atomic E-state index is 12.1. The third-order valence-corrected chi connectivity index (χ3v) is 4.16. The van der Waals surface area contributed by atoms with Crippen LogP contribution in [0.25, 0.3) is 10.9 Å². The van der Waals surface area contributed by atoms with Crippen LogP contribution in [0.4, 0.5) is 0 Å².